The third-order valence-corrected chi connectivity index (χ3v) is 2.87. The van der Waals surface area contributed by atoms with Crippen molar-refractivity contribution in [1.29, 1.82) is 0 Å². The van der Waals surface area contributed by atoms with Crippen molar-refractivity contribution in [2.45, 2.75) is 38.1 Å². The Morgan fingerprint density at radius 2 is 2.00 bits per heavy atom. The first kappa shape index (κ1) is 11.5. The normalized spacial score (nSPS) is 17.9. The molecule has 1 amide bonds. The van der Waals surface area contributed by atoms with Gasteiger partial charge in [0.1, 0.15) is 0 Å². The number of nitrogens with two attached hydrogens (primary N) is 1. The summed E-state index contributed by atoms with van der Waals surface area (Å²) in [6.07, 6.45) is 5.32. The highest BCUT2D eigenvalue weighted by atomic mass is 16.3. The molecule has 3 N–H and O–H groups in total. The minimum absolute atomic E-state index is 0.162. The van der Waals surface area contributed by atoms with Gasteiger partial charge in [-0.3, -0.25) is 9.69 Å². The molecule has 4 nitrogen and oxygen atoms in total. The molecule has 0 aromatic heterocycles. The van der Waals surface area contributed by atoms with Crippen LogP contribution in [0.15, 0.2) is 0 Å². The topological polar surface area (TPSA) is 66.6 Å². The maximum atomic E-state index is 10.7. The summed E-state index contributed by atoms with van der Waals surface area (Å²) in [6.45, 7) is 1.52. The summed E-state index contributed by atoms with van der Waals surface area (Å²) in [4.78, 5) is 12.8. The zero-order valence-electron chi connectivity index (χ0n) is 8.61. The number of aliphatic hydroxyl groups excluding tert-OH is 1. The minimum atomic E-state index is -0.258. The zero-order chi connectivity index (χ0) is 10.4. The second-order valence-electron chi connectivity index (χ2n) is 3.91. The average molecular weight is 200 g/mol. The Hall–Kier alpha value is -0.610. The maximum Gasteiger partial charge on any atom is 0.218 e. The van der Waals surface area contributed by atoms with E-state index in [-0.39, 0.29) is 12.5 Å². The van der Waals surface area contributed by atoms with Crippen LogP contribution >= 0.6 is 0 Å². The van der Waals surface area contributed by atoms with Crippen molar-refractivity contribution in [3.63, 3.8) is 0 Å². The van der Waals surface area contributed by atoms with E-state index >= 15 is 0 Å². The third kappa shape index (κ3) is 3.64. The Morgan fingerprint density at radius 1 is 1.36 bits per heavy atom. The number of rotatable bonds is 6. The fourth-order valence-electron chi connectivity index (χ4n) is 2.13. The van der Waals surface area contributed by atoms with Gasteiger partial charge in [0.05, 0.1) is 6.61 Å². The molecule has 0 heterocycles. The maximum absolute atomic E-state index is 10.7. The van der Waals surface area contributed by atoms with E-state index < -0.39 is 0 Å². The van der Waals surface area contributed by atoms with Crippen LogP contribution in [-0.2, 0) is 4.79 Å². The first-order chi connectivity index (χ1) is 6.74. The molecule has 0 spiro atoms. The molecular formula is C10H20N2O2. The monoisotopic (exact) mass is 200 g/mol. The molecule has 0 atom stereocenters. The molecule has 1 aliphatic rings. The first-order valence-corrected chi connectivity index (χ1v) is 5.37. The molecular weight excluding hydrogens is 180 g/mol. The van der Waals surface area contributed by atoms with E-state index in [0.29, 0.717) is 25.6 Å². The van der Waals surface area contributed by atoms with Crippen LogP contribution in [0.2, 0.25) is 0 Å². The molecule has 1 saturated carbocycles. The van der Waals surface area contributed by atoms with Gasteiger partial charge in [0.15, 0.2) is 0 Å². The van der Waals surface area contributed by atoms with E-state index in [4.69, 9.17) is 10.8 Å². The van der Waals surface area contributed by atoms with Crippen molar-refractivity contribution in [2.75, 3.05) is 19.7 Å². The van der Waals surface area contributed by atoms with Crippen molar-refractivity contribution in [3.8, 4) is 0 Å². The van der Waals surface area contributed by atoms with Crippen molar-refractivity contribution in [3.05, 3.63) is 0 Å². The number of hydrogen-bond donors (Lipinski definition) is 2. The highest BCUT2D eigenvalue weighted by Gasteiger charge is 2.21. The molecule has 0 bridgehead atoms. The molecule has 4 heteroatoms. The molecule has 1 aliphatic carbocycles. The summed E-state index contributed by atoms with van der Waals surface area (Å²) in [5.41, 5.74) is 5.11. The van der Waals surface area contributed by atoms with Gasteiger partial charge in [-0.2, -0.15) is 0 Å². The summed E-state index contributed by atoms with van der Waals surface area (Å²) in [5.74, 6) is -0.258. The van der Waals surface area contributed by atoms with E-state index in [9.17, 15) is 4.79 Å². The van der Waals surface area contributed by atoms with Gasteiger partial charge in [-0.05, 0) is 12.8 Å². The van der Waals surface area contributed by atoms with Gasteiger partial charge in [-0.25, -0.2) is 0 Å². The van der Waals surface area contributed by atoms with Crippen LogP contribution in [0, 0.1) is 0 Å². The van der Waals surface area contributed by atoms with E-state index in [1.54, 1.807) is 0 Å². The summed E-state index contributed by atoms with van der Waals surface area (Å²) in [6, 6.07) is 0.557. The van der Waals surface area contributed by atoms with Crippen molar-refractivity contribution >= 4 is 5.91 Å². The van der Waals surface area contributed by atoms with Crippen molar-refractivity contribution in [2.24, 2.45) is 5.73 Å². The van der Waals surface area contributed by atoms with Crippen LogP contribution in [0.3, 0.4) is 0 Å². The molecule has 1 rings (SSSR count). The lowest BCUT2D eigenvalue weighted by atomic mass is 10.2. The van der Waals surface area contributed by atoms with E-state index in [0.717, 1.165) is 0 Å². The highest BCUT2D eigenvalue weighted by molar-refractivity contribution is 5.73. The molecule has 0 unspecified atom stereocenters. The van der Waals surface area contributed by atoms with Gasteiger partial charge in [0, 0.05) is 25.6 Å². The molecule has 82 valence electrons. The lowest BCUT2D eigenvalue weighted by molar-refractivity contribution is -0.118. The lowest BCUT2D eigenvalue weighted by Crippen LogP contribution is -2.37. The second-order valence-corrected chi connectivity index (χ2v) is 3.91. The molecule has 0 aromatic rings. The van der Waals surface area contributed by atoms with Crippen LogP contribution in [0.1, 0.15) is 32.1 Å². The summed E-state index contributed by atoms with van der Waals surface area (Å²) in [7, 11) is 0. The van der Waals surface area contributed by atoms with E-state index in [1.807, 2.05) is 0 Å². The number of primary amides is 1. The Morgan fingerprint density at radius 3 is 2.50 bits per heavy atom. The molecule has 0 radical (unpaired) electrons. The SMILES string of the molecule is NC(=O)CCN(CCO)C1CCCC1. The number of aliphatic hydroxyl groups is 1. The Bertz CT molecular complexity index is 179. The second kappa shape index (κ2) is 5.98. The quantitative estimate of drug-likeness (QED) is 0.639. The van der Waals surface area contributed by atoms with Gasteiger partial charge in [0.2, 0.25) is 5.91 Å². The Labute approximate surface area is 85.1 Å². The Balaban J connectivity index is 2.33. The van der Waals surface area contributed by atoms with Gasteiger partial charge >= 0.3 is 0 Å². The van der Waals surface area contributed by atoms with Crippen LogP contribution in [0.25, 0.3) is 0 Å². The van der Waals surface area contributed by atoms with Crippen LogP contribution in [0.5, 0.6) is 0 Å². The lowest BCUT2D eigenvalue weighted by Gasteiger charge is -2.27. The predicted molar refractivity (Wildman–Crippen MR) is 54.7 cm³/mol. The predicted octanol–water partition coefficient (Wildman–Crippen LogP) is 0.0987. The van der Waals surface area contributed by atoms with Gasteiger partial charge in [-0.15, -0.1) is 0 Å². The number of amides is 1. The molecule has 14 heavy (non-hydrogen) atoms. The fourth-order valence-corrected chi connectivity index (χ4v) is 2.13. The average Bonchev–Trinajstić information content (AvgIpc) is 2.64. The van der Waals surface area contributed by atoms with Crippen LogP contribution < -0.4 is 5.73 Å². The molecule has 1 fully saturated rings. The molecule has 0 saturated heterocycles. The number of nitrogens with zero attached hydrogens (tertiary/aromatic N) is 1. The Kier molecular flexibility index (Phi) is 4.90. The van der Waals surface area contributed by atoms with Gasteiger partial charge in [0.25, 0.3) is 0 Å². The number of carbonyl (C=O) groups excluding carboxylic acids is 1. The van der Waals surface area contributed by atoms with Crippen molar-refractivity contribution in [1.82, 2.24) is 4.90 Å². The van der Waals surface area contributed by atoms with Gasteiger partial charge < -0.3 is 10.8 Å². The molecule has 0 aromatic carbocycles. The standard InChI is InChI=1S/C10H20N2O2/c11-10(14)5-6-12(7-8-13)9-3-1-2-4-9/h9,13H,1-8H2,(H2,11,14). The summed E-state index contributed by atoms with van der Waals surface area (Å²) < 4.78 is 0. The van der Waals surface area contributed by atoms with Crippen LogP contribution in [0.4, 0.5) is 0 Å². The largest absolute Gasteiger partial charge is 0.395 e. The summed E-state index contributed by atoms with van der Waals surface area (Å²) >= 11 is 0. The smallest absolute Gasteiger partial charge is 0.218 e. The first-order valence-electron chi connectivity index (χ1n) is 5.37. The number of carbonyl (C=O) groups is 1. The highest BCUT2D eigenvalue weighted by Crippen LogP contribution is 2.23. The summed E-state index contributed by atoms with van der Waals surface area (Å²) in [5, 5.41) is 8.90. The zero-order valence-corrected chi connectivity index (χ0v) is 8.61. The van der Waals surface area contributed by atoms with Gasteiger partial charge in [-0.1, -0.05) is 12.8 Å². The van der Waals surface area contributed by atoms with Crippen LogP contribution in [-0.4, -0.2) is 41.7 Å². The third-order valence-electron chi connectivity index (χ3n) is 2.87. The minimum Gasteiger partial charge on any atom is -0.395 e. The van der Waals surface area contributed by atoms with Crippen molar-refractivity contribution < 1.29 is 9.90 Å². The van der Waals surface area contributed by atoms with E-state index in [1.165, 1.54) is 25.7 Å². The fraction of sp³-hybridized carbons (Fsp3) is 0.900. The molecule has 0 aliphatic heterocycles. The number of hydrogen-bond acceptors (Lipinski definition) is 3. The van der Waals surface area contributed by atoms with E-state index in [2.05, 4.69) is 4.90 Å².